The summed E-state index contributed by atoms with van der Waals surface area (Å²) in [6.45, 7) is 1.23. The van der Waals surface area contributed by atoms with Gasteiger partial charge in [-0.25, -0.2) is 9.78 Å². The Bertz CT molecular complexity index is 696. The molecule has 6 heteroatoms. The maximum Gasteiger partial charge on any atom is 0.347 e. The molecule has 1 aromatic carbocycles. The highest BCUT2D eigenvalue weighted by Gasteiger charge is 2.20. The molecule has 2 heterocycles. The molecular weight excluding hydrogens is 288 g/mol. The van der Waals surface area contributed by atoms with Gasteiger partial charge in [-0.1, -0.05) is 0 Å². The van der Waals surface area contributed by atoms with E-state index in [0.29, 0.717) is 5.69 Å². The summed E-state index contributed by atoms with van der Waals surface area (Å²) in [6.07, 6.45) is 1.02. The van der Waals surface area contributed by atoms with Gasteiger partial charge in [-0.2, -0.15) is 0 Å². The average Bonchev–Trinajstić information content (AvgIpc) is 3.04. The van der Waals surface area contributed by atoms with Gasteiger partial charge in [0.15, 0.2) is 0 Å². The topological polar surface area (TPSA) is 62.7 Å². The van der Waals surface area contributed by atoms with Crippen molar-refractivity contribution in [3.05, 3.63) is 34.3 Å². The van der Waals surface area contributed by atoms with E-state index in [1.165, 1.54) is 29.7 Å². The van der Waals surface area contributed by atoms with Gasteiger partial charge in [-0.05, 0) is 30.2 Å². The molecule has 0 unspecified atom stereocenters. The Labute approximate surface area is 126 Å². The normalized spacial score (nSPS) is 13.5. The number of likely N-dealkylation sites (N-methyl/N-ethyl adjacent to an activating group) is 1. The molecule has 2 aromatic rings. The number of aromatic nitrogens is 1. The molecule has 0 bridgehead atoms. The number of thiazole rings is 1. The standard InChI is InChI=1S/C15H16N2O3S/c1-17-6-5-9-7-10(3-4-12(9)17)14-16-11(8-20-2)13(21-14)15(18)19/h3-4,7H,5-6,8H2,1-2H3,(H,18,19). The van der Waals surface area contributed by atoms with Crippen LogP contribution in [-0.2, 0) is 17.8 Å². The lowest BCUT2D eigenvalue weighted by molar-refractivity contribution is 0.0697. The highest BCUT2D eigenvalue weighted by molar-refractivity contribution is 7.17. The predicted octanol–water partition coefficient (Wildman–Crippen LogP) is 2.65. The lowest BCUT2D eigenvalue weighted by Gasteiger charge is -2.11. The van der Waals surface area contributed by atoms with E-state index in [4.69, 9.17) is 4.74 Å². The van der Waals surface area contributed by atoms with Crippen LogP contribution in [0.1, 0.15) is 20.9 Å². The summed E-state index contributed by atoms with van der Waals surface area (Å²) >= 11 is 1.20. The molecular formula is C15H16N2O3S. The molecule has 0 radical (unpaired) electrons. The number of anilines is 1. The van der Waals surface area contributed by atoms with Gasteiger partial charge in [0.25, 0.3) is 0 Å². The van der Waals surface area contributed by atoms with E-state index in [9.17, 15) is 9.90 Å². The number of carboxylic acid groups (broad SMARTS) is 1. The molecule has 1 aliphatic heterocycles. The first-order valence-electron chi connectivity index (χ1n) is 6.66. The van der Waals surface area contributed by atoms with E-state index in [2.05, 4.69) is 29.1 Å². The summed E-state index contributed by atoms with van der Waals surface area (Å²) in [5.41, 5.74) is 3.99. The van der Waals surface area contributed by atoms with E-state index in [-0.39, 0.29) is 11.5 Å². The minimum absolute atomic E-state index is 0.214. The Balaban J connectivity index is 2.01. The van der Waals surface area contributed by atoms with Gasteiger partial charge in [0, 0.05) is 32.0 Å². The first-order chi connectivity index (χ1) is 10.1. The largest absolute Gasteiger partial charge is 0.477 e. The van der Waals surface area contributed by atoms with Crippen molar-refractivity contribution in [2.75, 3.05) is 25.6 Å². The maximum atomic E-state index is 11.3. The number of hydrogen-bond acceptors (Lipinski definition) is 5. The second-order valence-electron chi connectivity index (χ2n) is 5.05. The Hall–Kier alpha value is -1.92. The molecule has 1 aromatic heterocycles. The van der Waals surface area contributed by atoms with Crippen LogP contribution >= 0.6 is 11.3 Å². The fraction of sp³-hybridized carbons (Fsp3) is 0.333. The Morgan fingerprint density at radius 3 is 3.05 bits per heavy atom. The van der Waals surface area contributed by atoms with Crippen molar-refractivity contribution in [1.82, 2.24) is 4.98 Å². The fourth-order valence-corrected chi connectivity index (χ4v) is 3.48. The van der Waals surface area contributed by atoms with Gasteiger partial charge >= 0.3 is 5.97 Å². The van der Waals surface area contributed by atoms with Gasteiger partial charge in [0.2, 0.25) is 0 Å². The highest BCUT2D eigenvalue weighted by Crippen LogP contribution is 2.34. The number of carboxylic acids is 1. The second-order valence-corrected chi connectivity index (χ2v) is 6.05. The molecule has 0 aliphatic carbocycles. The Morgan fingerprint density at radius 2 is 2.33 bits per heavy atom. The maximum absolute atomic E-state index is 11.3. The highest BCUT2D eigenvalue weighted by atomic mass is 32.1. The molecule has 0 saturated heterocycles. The van der Waals surface area contributed by atoms with Crippen LogP contribution in [0.4, 0.5) is 5.69 Å². The van der Waals surface area contributed by atoms with Crippen LogP contribution in [0.2, 0.25) is 0 Å². The van der Waals surface area contributed by atoms with Gasteiger partial charge in [0.05, 0.1) is 12.3 Å². The third-order valence-corrected chi connectivity index (χ3v) is 4.76. The zero-order valence-electron chi connectivity index (χ0n) is 11.9. The molecule has 21 heavy (non-hydrogen) atoms. The van der Waals surface area contributed by atoms with Crippen LogP contribution in [0.3, 0.4) is 0 Å². The number of fused-ring (bicyclic) bond motifs is 1. The van der Waals surface area contributed by atoms with Crippen LogP contribution in [0.15, 0.2) is 18.2 Å². The van der Waals surface area contributed by atoms with Crippen molar-refractivity contribution < 1.29 is 14.6 Å². The van der Waals surface area contributed by atoms with Crippen molar-refractivity contribution in [3.63, 3.8) is 0 Å². The Morgan fingerprint density at radius 1 is 1.52 bits per heavy atom. The summed E-state index contributed by atoms with van der Waals surface area (Å²) in [4.78, 5) is 18.2. The van der Waals surface area contributed by atoms with Crippen molar-refractivity contribution >= 4 is 23.0 Å². The smallest absolute Gasteiger partial charge is 0.347 e. The lowest BCUT2D eigenvalue weighted by atomic mass is 10.1. The van der Waals surface area contributed by atoms with Crippen LogP contribution in [-0.4, -0.2) is 36.8 Å². The quantitative estimate of drug-likeness (QED) is 0.941. The average molecular weight is 304 g/mol. The molecule has 5 nitrogen and oxygen atoms in total. The molecule has 3 rings (SSSR count). The second kappa shape index (κ2) is 5.46. The third-order valence-electron chi connectivity index (χ3n) is 3.63. The number of methoxy groups -OCH3 is 1. The number of carbonyl (C=O) groups is 1. The number of benzene rings is 1. The van der Waals surface area contributed by atoms with E-state index >= 15 is 0 Å². The molecule has 0 saturated carbocycles. The van der Waals surface area contributed by atoms with Crippen LogP contribution < -0.4 is 4.90 Å². The van der Waals surface area contributed by atoms with Gasteiger partial charge < -0.3 is 14.7 Å². The van der Waals surface area contributed by atoms with Gasteiger partial charge in [-0.3, -0.25) is 0 Å². The number of rotatable bonds is 4. The predicted molar refractivity (Wildman–Crippen MR) is 82.2 cm³/mol. The fourth-order valence-electron chi connectivity index (χ4n) is 2.58. The zero-order valence-corrected chi connectivity index (χ0v) is 12.7. The van der Waals surface area contributed by atoms with Gasteiger partial charge in [0.1, 0.15) is 9.88 Å². The summed E-state index contributed by atoms with van der Waals surface area (Å²) in [6, 6.07) is 6.19. The zero-order chi connectivity index (χ0) is 15.0. The SMILES string of the molecule is COCc1nc(-c2ccc3c(c2)CCN3C)sc1C(=O)O. The third kappa shape index (κ3) is 2.52. The van der Waals surface area contributed by atoms with Crippen molar-refractivity contribution in [2.24, 2.45) is 0 Å². The van der Waals surface area contributed by atoms with Gasteiger partial charge in [-0.15, -0.1) is 11.3 Å². The van der Waals surface area contributed by atoms with E-state index in [0.717, 1.165) is 23.5 Å². The first-order valence-corrected chi connectivity index (χ1v) is 7.48. The van der Waals surface area contributed by atoms with E-state index in [1.807, 2.05) is 6.07 Å². The van der Waals surface area contributed by atoms with Crippen molar-refractivity contribution in [2.45, 2.75) is 13.0 Å². The van der Waals surface area contributed by atoms with Crippen LogP contribution in [0.25, 0.3) is 10.6 Å². The van der Waals surface area contributed by atoms with E-state index in [1.54, 1.807) is 0 Å². The number of nitrogens with zero attached hydrogens (tertiary/aromatic N) is 2. The summed E-state index contributed by atoms with van der Waals surface area (Å²) in [5, 5.41) is 9.98. The lowest BCUT2D eigenvalue weighted by Crippen LogP contribution is -2.12. The molecule has 0 fully saturated rings. The summed E-state index contributed by atoms with van der Waals surface area (Å²) < 4.78 is 5.03. The number of ether oxygens (including phenoxy) is 1. The molecule has 1 N–H and O–H groups in total. The van der Waals surface area contributed by atoms with Crippen LogP contribution in [0.5, 0.6) is 0 Å². The summed E-state index contributed by atoms with van der Waals surface area (Å²) in [7, 11) is 3.62. The number of hydrogen-bond donors (Lipinski definition) is 1. The monoisotopic (exact) mass is 304 g/mol. The molecule has 1 aliphatic rings. The summed E-state index contributed by atoms with van der Waals surface area (Å²) in [5.74, 6) is -0.952. The van der Waals surface area contributed by atoms with Crippen molar-refractivity contribution in [1.29, 1.82) is 0 Å². The van der Waals surface area contributed by atoms with E-state index < -0.39 is 5.97 Å². The van der Waals surface area contributed by atoms with Crippen LogP contribution in [0, 0.1) is 0 Å². The Kier molecular flexibility index (Phi) is 3.65. The molecule has 0 atom stereocenters. The first kappa shape index (κ1) is 14.0. The molecule has 0 spiro atoms. The number of aromatic carboxylic acids is 1. The van der Waals surface area contributed by atoms with Crippen molar-refractivity contribution in [3.8, 4) is 10.6 Å². The minimum atomic E-state index is -0.952. The minimum Gasteiger partial charge on any atom is -0.477 e. The molecule has 0 amide bonds. The molecule has 110 valence electrons.